The second kappa shape index (κ2) is 13.1. The van der Waals surface area contributed by atoms with Gasteiger partial charge in [0.15, 0.2) is 5.78 Å². The zero-order chi connectivity index (χ0) is 31.2. The Labute approximate surface area is 252 Å². The largest absolute Gasteiger partial charge is 0.426 e. The van der Waals surface area contributed by atoms with Gasteiger partial charge in [0.1, 0.15) is 23.0 Å². The predicted molar refractivity (Wildman–Crippen MR) is 158 cm³/mol. The zero-order valence-corrected chi connectivity index (χ0v) is 25.7. The highest BCUT2D eigenvalue weighted by atomic mass is 79.9. The minimum Gasteiger partial charge on any atom is -0.426 e. The summed E-state index contributed by atoms with van der Waals surface area (Å²) in [5, 5.41) is -0.0126. The summed E-state index contributed by atoms with van der Waals surface area (Å²) in [6, 6.07) is 15.6. The molecular weight excluding hydrogens is 608 g/mol. The Morgan fingerprint density at radius 1 is 0.524 bits per heavy atom. The monoisotopic (exact) mass is 638 g/mol. The SMILES string of the molecule is CC(C)(C)C(=O)Oc1ccc(C(=O)Oc2cc(OC(=O)c3ccc(OC(=O)C(C)(C)C)cc3)cc(C(=O)CBr)c2)cc1. The lowest BCUT2D eigenvalue weighted by Gasteiger charge is -2.16. The molecule has 0 bridgehead atoms. The van der Waals surface area contributed by atoms with E-state index in [2.05, 4.69) is 15.9 Å². The fraction of sp³-hybridized carbons (Fsp3) is 0.281. The number of Topliss-reactive ketones (excluding diaryl/α,β-unsaturated/α-hetero) is 1. The Morgan fingerprint density at radius 2 is 0.881 bits per heavy atom. The Hall–Kier alpha value is -4.31. The van der Waals surface area contributed by atoms with E-state index in [-0.39, 0.29) is 50.8 Å². The van der Waals surface area contributed by atoms with Gasteiger partial charge in [-0.15, -0.1) is 0 Å². The molecule has 0 radical (unpaired) electrons. The van der Waals surface area contributed by atoms with Crippen LogP contribution < -0.4 is 18.9 Å². The normalized spacial score (nSPS) is 11.3. The van der Waals surface area contributed by atoms with Gasteiger partial charge in [-0.3, -0.25) is 14.4 Å². The van der Waals surface area contributed by atoms with Crippen molar-refractivity contribution in [3.63, 3.8) is 0 Å². The molecule has 0 saturated heterocycles. The minimum absolute atomic E-state index is 0.0126. The van der Waals surface area contributed by atoms with E-state index in [4.69, 9.17) is 18.9 Å². The first-order chi connectivity index (χ1) is 19.6. The number of hydrogen-bond acceptors (Lipinski definition) is 9. The van der Waals surface area contributed by atoms with Gasteiger partial charge in [0, 0.05) is 11.6 Å². The van der Waals surface area contributed by atoms with E-state index in [1.807, 2.05) is 0 Å². The number of benzene rings is 3. The third-order valence-electron chi connectivity index (χ3n) is 5.57. The molecule has 0 spiro atoms. The van der Waals surface area contributed by atoms with Gasteiger partial charge >= 0.3 is 23.9 Å². The lowest BCUT2D eigenvalue weighted by atomic mass is 9.97. The number of ketones is 1. The average molecular weight is 639 g/mol. The number of halogens is 1. The molecule has 220 valence electrons. The highest BCUT2D eigenvalue weighted by molar-refractivity contribution is 9.09. The molecule has 9 nitrogen and oxygen atoms in total. The molecule has 0 aromatic heterocycles. The third kappa shape index (κ3) is 8.84. The summed E-state index contributed by atoms with van der Waals surface area (Å²) < 4.78 is 21.5. The van der Waals surface area contributed by atoms with Gasteiger partial charge in [-0.25, -0.2) is 9.59 Å². The highest BCUT2D eigenvalue weighted by Crippen LogP contribution is 2.27. The Bertz CT molecular complexity index is 1390. The summed E-state index contributed by atoms with van der Waals surface area (Å²) >= 11 is 3.11. The number of hydrogen-bond donors (Lipinski definition) is 0. The lowest BCUT2D eigenvalue weighted by molar-refractivity contribution is -0.143. The van der Waals surface area contributed by atoms with Crippen LogP contribution in [0.25, 0.3) is 0 Å². The topological polar surface area (TPSA) is 122 Å². The molecule has 0 aliphatic rings. The van der Waals surface area contributed by atoms with Gasteiger partial charge in [0.25, 0.3) is 0 Å². The summed E-state index contributed by atoms with van der Waals surface area (Å²) in [7, 11) is 0. The van der Waals surface area contributed by atoms with Gasteiger partial charge in [-0.1, -0.05) is 15.9 Å². The lowest BCUT2D eigenvalue weighted by Crippen LogP contribution is -2.25. The molecular formula is C32H31BrO9. The fourth-order valence-electron chi connectivity index (χ4n) is 3.10. The Kier molecular flexibility index (Phi) is 10.1. The third-order valence-corrected chi connectivity index (χ3v) is 6.08. The molecule has 3 aromatic rings. The molecule has 0 heterocycles. The number of alkyl halides is 1. The van der Waals surface area contributed by atoms with Crippen LogP contribution in [0.5, 0.6) is 23.0 Å². The highest BCUT2D eigenvalue weighted by Gasteiger charge is 2.25. The quantitative estimate of drug-likeness (QED) is 0.116. The number of esters is 4. The maximum atomic E-state index is 12.8. The predicted octanol–water partition coefficient (Wildman–Crippen LogP) is 6.61. The van der Waals surface area contributed by atoms with E-state index in [0.29, 0.717) is 0 Å². The van der Waals surface area contributed by atoms with Crippen LogP contribution in [0.3, 0.4) is 0 Å². The average Bonchev–Trinajstić information content (AvgIpc) is 2.92. The van der Waals surface area contributed by atoms with Gasteiger partial charge in [0.2, 0.25) is 0 Å². The molecule has 3 aromatic carbocycles. The number of ether oxygens (including phenoxy) is 4. The standard InChI is InChI=1S/C32H31BrO9/c1-31(2,3)29(37)41-22-11-7-19(8-12-22)27(35)39-24-15-21(26(34)18-33)16-25(17-24)40-28(36)20-9-13-23(14-10-20)42-30(38)32(4,5)6/h7-17H,18H2,1-6H3. The molecule has 42 heavy (non-hydrogen) atoms. The van der Waals surface area contributed by atoms with E-state index in [9.17, 15) is 24.0 Å². The maximum Gasteiger partial charge on any atom is 0.343 e. The summed E-state index contributed by atoms with van der Waals surface area (Å²) in [5.41, 5.74) is -0.919. The van der Waals surface area contributed by atoms with Crippen LogP contribution in [0.15, 0.2) is 66.7 Å². The van der Waals surface area contributed by atoms with E-state index in [1.165, 1.54) is 66.7 Å². The Morgan fingerprint density at radius 3 is 1.19 bits per heavy atom. The zero-order valence-electron chi connectivity index (χ0n) is 24.1. The summed E-state index contributed by atoms with van der Waals surface area (Å²) in [6.07, 6.45) is 0. The summed E-state index contributed by atoms with van der Waals surface area (Å²) in [6.45, 7) is 10.4. The minimum atomic E-state index is -0.746. The van der Waals surface area contributed by atoms with Crippen molar-refractivity contribution in [2.24, 2.45) is 10.8 Å². The van der Waals surface area contributed by atoms with Crippen molar-refractivity contribution in [3.8, 4) is 23.0 Å². The van der Waals surface area contributed by atoms with Crippen LogP contribution >= 0.6 is 15.9 Å². The summed E-state index contributed by atoms with van der Waals surface area (Å²) in [4.78, 5) is 62.2. The van der Waals surface area contributed by atoms with Crippen molar-refractivity contribution in [3.05, 3.63) is 83.4 Å². The van der Waals surface area contributed by atoms with Crippen molar-refractivity contribution in [2.75, 3.05) is 5.33 Å². The van der Waals surface area contributed by atoms with E-state index in [1.54, 1.807) is 41.5 Å². The van der Waals surface area contributed by atoms with Crippen LogP contribution in [-0.2, 0) is 9.59 Å². The van der Waals surface area contributed by atoms with Crippen LogP contribution in [0.2, 0.25) is 0 Å². The summed E-state index contributed by atoms with van der Waals surface area (Å²) in [5.74, 6) is -2.18. The van der Waals surface area contributed by atoms with Crippen molar-refractivity contribution in [2.45, 2.75) is 41.5 Å². The van der Waals surface area contributed by atoms with E-state index < -0.39 is 34.7 Å². The second-order valence-electron chi connectivity index (χ2n) is 11.4. The van der Waals surface area contributed by atoms with Crippen LogP contribution in [0.4, 0.5) is 0 Å². The molecule has 0 saturated carbocycles. The first-order valence-corrected chi connectivity index (χ1v) is 14.0. The molecule has 10 heteroatoms. The molecule has 0 aliphatic carbocycles. The first kappa shape index (κ1) is 32.2. The smallest absolute Gasteiger partial charge is 0.343 e. The molecule has 0 fully saturated rings. The first-order valence-electron chi connectivity index (χ1n) is 12.9. The van der Waals surface area contributed by atoms with Crippen molar-refractivity contribution >= 4 is 45.6 Å². The van der Waals surface area contributed by atoms with Crippen LogP contribution in [0.1, 0.15) is 72.6 Å². The molecule has 0 amide bonds. The van der Waals surface area contributed by atoms with Crippen LogP contribution in [-0.4, -0.2) is 35.0 Å². The van der Waals surface area contributed by atoms with E-state index in [0.717, 1.165) is 0 Å². The van der Waals surface area contributed by atoms with Crippen molar-refractivity contribution < 1.29 is 42.9 Å². The molecule has 0 unspecified atom stereocenters. The molecule has 0 N–H and O–H groups in total. The van der Waals surface area contributed by atoms with Crippen LogP contribution in [0, 0.1) is 10.8 Å². The van der Waals surface area contributed by atoms with Crippen molar-refractivity contribution in [1.29, 1.82) is 0 Å². The molecule has 0 atom stereocenters. The Balaban J connectivity index is 1.76. The van der Waals surface area contributed by atoms with Crippen molar-refractivity contribution in [1.82, 2.24) is 0 Å². The number of carbonyl (C=O) groups excluding carboxylic acids is 5. The van der Waals surface area contributed by atoms with Gasteiger partial charge in [-0.2, -0.15) is 0 Å². The fourth-order valence-corrected chi connectivity index (χ4v) is 3.42. The van der Waals surface area contributed by atoms with E-state index >= 15 is 0 Å². The maximum absolute atomic E-state index is 12.8. The molecule has 0 aliphatic heterocycles. The number of rotatable bonds is 8. The van der Waals surface area contributed by atoms with Gasteiger partial charge in [-0.05, 0) is 102 Å². The van der Waals surface area contributed by atoms with Gasteiger partial charge < -0.3 is 18.9 Å². The van der Waals surface area contributed by atoms with Gasteiger partial charge in [0.05, 0.1) is 27.3 Å². The molecule has 3 rings (SSSR count). The second-order valence-corrected chi connectivity index (χ2v) is 11.9. The number of carbonyl (C=O) groups is 5.